The van der Waals surface area contributed by atoms with Crippen LogP contribution in [-0.4, -0.2) is 19.7 Å². The number of rotatable bonds is 6. The second-order valence-electron chi connectivity index (χ2n) is 6.12. The van der Waals surface area contributed by atoms with Crippen LogP contribution in [0.2, 0.25) is 0 Å². The van der Waals surface area contributed by atoms with Gasteiger partial charge >= 0.3 is 0 Å². The summed E-state index contributed by atoms with van der Waals surface area (Å²) >= 11 is 3.18. The molecule has 1 aliphatic carbocycles. The zero-order valence-electron chi connectivity index (χ0n) is 14.4. The summed E-state index contributed by atoms with van der Waals surface area (Å²) < 4.78 is 7.38. The van der Waals surface area contributed by atoms with Crippen molar-refractivity contribution in [3.63, 3.8) is 0 Å². The van der Waals surface area contributed by atoms with Crippen molar-refractivity contribution >= 4 is 33.3 Å². The van der Waals surface area contributed by atoms with Crippen LogP contribution in [-0.2, 0) is 31.6 Å². The molecule has 132 valence electrons. The molecule has 0 radical (unpaired) electrons. The minimum atomic E-state index is 0.105. The van der Waals surface area contributed by atoms with Gasteiger partial charge in [0.05, 0.1) is 11.1 Å². The lowest BCUT2D eigenvalue weighted by molar-refractivity contribution is 0.469. The lowest BCUT2D eigenvalue weighted by atomic mass is 10.2. The van der Waals surface area contributed by atoms with Gasteiger partial charge in [-0.05, 0) is 31.2 Å². The van der Waals surface area contributed by atoms with Gasteiger partial charge in [-0.3, -0.25) is 9.36 Å². The fraction of sp³-hybridized carbons (Fsp3) is 0.529. The molecule has 4 rings (SSSR count). The lowest BCUT2D eigenvalue weighted by Gasteiger charge is -2.10. The molecular weight excluding hydrogens is 356 g/mol. The summed E-state index contributed by atoms with van der Waals surface area (Å²) in [6.45, 7) is 4.74. The third-order valence-electron chi connectivity index (χ3n) is 4.37. The van der Waals surface area contributed by atoms with E-state index < -0.39 is 0 Å². The van der Waals surface area contributed by atoms with E-state index in [-0.39, 0.29) is 5.56 Å². The van der Waals surface area contributed by atoms with Gasteiger partial charge in [0.15, 0.2) is 5.16 Å². The van der Waals surface area contributed by atoms with Crippen molar-refractivity contribution < 1.29 is 4.42 Å². The first-order valence-corrected chi connectivity index (χ1v) is 10.5. The summed E-state index contributed by atoms with van der Waals surface area (Å²) in [7, 11) is 0. The van der Waals surface area contributed by atoms with E-state index in [1.54, 1.807) is 11.3 Å². The van der Waals surface area contributed by atoms with Crippen LogP contribution in [0.25, 0.3) is 10.2 Å². The molecule has 0 saturated heterocycles. The minimum absolute atomic E-state index is 0.105. The Morgan fingerprint density at radius 2 is 2.08 bits per heavy atom. The van der Waals surface area contributed by atoms with Gasteiger partial charge < -0.3 is 4.42 Å². The second kappa shape index (κ2) is 6.92. The molecule has 3 aromatic rings. The van der Waals surface area contributed by atoms with Gasteiger partial charge in [0.25, 0.3) is 5.56 Å². The fourth-order valence-corrected chi connectivity index (χ4v) is 5.37. The molecule has 0 unspecified atom stereocenters. The molecule has 0 spiro atoms. The predicted molar refractivity (Wildman–Crippen MR) is 99.4 cm³/mol. The van der Waals surface area contributed by atoms with Crippen LogP contribution in [0.15, 0.2) is 14.4 Å². The molecule has 0 aliphatic heterocycles. The monoisotopic (exact) mass is 376 g/mol. The molecular formula is C17H20N4O2S2. The summed E-state index contributed by atoms with van der Waals surface area (Å²) in [6, 6.07) is 0. The molecule has 8 heteroatoms. The Kier molecular flexibility index (Phi) is 4.64. The maximum Gasteiger partial charge on any atom is 0.263 e. The highest BCUT2D eigenvalue weighted by atomic mass is 32.2. The number of thioether (sulfide) groups is 1. The van der Waals surface area contributed by atoms with Gasteiger partial charge in [0.2, 0.25) is 11.8 Å². The van der Waals surface area contributed by atoms with Gasteiger partial charge in [-0.15, -0.1) is 21.5 Å². The topological polar surface area (TPSA) is 73.8 Å². The Hall–Kier alpha value is -1.67. The molecule has 25 heavy (non-hydrogen) atoms. The fourth-order valence-electron chi connectivity index (χ4n) is 3.21. The van der Waals surface area contributed by atoms with Crippen molar-refractivity contribution in [2.45, 2.75) is 63.4 Å². The van der Waals surface area contributed by atoms with Gasteiger partial charge in [-0.25, -0.2) is 4.98 Å². The van der Waals surface area contributed by atoms with Crippen LogP contribution in [0.3, 0.4) is 0 Å². The molecule has 0 saturated carbocycles. The van der Waals surface area contributed by atoms with Gasteiger partial charge in [0.1, 0.15) is 4.83 Å². The molecule has 0 fully saturated rings. The predicted octanol–water partition coefficient (Wildman–Crippen LogP) is 3.59. The summed E-state index contributed by atoms with van der Waals surface area (Å²) in [5, 5.41) is 9.64. The van der Waals surface area contributed by atoms with E-state index in [1.165, 1.54) is 22.2 Å². The summed E-state index contributed by atoms with van der Waals surface area (Å²) in [6.07, 6.45) is 4.86. The van der Waals surface area contributed by atoms with Crippen LogP contribution in [0.5, 0.6) is 0 Å². The van der Waals surface area contributed by atoms with Crippen LogP contribution in [0.1, 0.15) is 48.9 Å². The van der Waals surface area contributed by atoms with Crippen molar-refractivity contribution in [2.75, 3.05) is 0 Å². The molecule has 0 N–H and O–H groups in total. The van der Waals surface area contributed by atoms with Crippen LogP contribution < -0.4 is 5.56 Å². The second-order valence-corrected chi connectivity index (χ2v) is 8.15. The molecule has 6 nitrogen and oxygen atoms in total. The van der Waals surface area contributed by atoms with E-state index in [0.29, 0.717) is 24.1 Å². The average Bonchev–Trinajstić information content (AvgIpc) is 3.30. The number of fused-ring (bicyclic) bond motifs is 3. The molecule has 0 bridgehead atoms. The maximum atomic E-state index is 13.1. The van der Waals surface area contributed by atoms with Gasteiger partial charge in [-0.2, -0.15) is 0 Å². The number of hydrogen-bond acceptors (Lipinski definition) is 7. The number of aryl methyl sites for hydroxylation is 3. The molecule has 3 aromatic heterocycles. The van der Waals surface area contributed by atoms with E-state index >= 15 is 0 Å². The minimum Gasteiger partial charge on any atom is -0.424 e. The zero-order valence-corrected chi connectivity index (χ0v) is 16.0. The van der Waals surface area contributed by atoms with Crippen molar-refractivity contribution in [3.8, 4) is 0 Å². The molecule has 0 amide bonds. The highest BCUT2D eigenvalue weighted by Crippen LogP contribution is 2.35. The smallest absolute Gasteiger partial charge is 0.263 e. The molecule has 3 heterocycles. The van der Waals surface area contributed by atoms with Crippen molar-refractivity contribution in [2.24, 2.45) is 0 Å². The average molecular weight is 377 g/mol. The van der Waals surface area contributed by atoms with E-state index in [2.05, 4.69) is 17.1 Å². The van der Waals surface area contributed by atoms with E-state index in [9.17, 15) is 4.79 Å². The largest absolute Gasteiger partial charge is 0.424 e. The zero-order chi connectivity index (χ0) is 17.4. The summed E-state index contributed by atoms with van der Waals surface area (Å²) in [4.78, 5) is 20.1. The Balaban J connectivity index is 1.71. The normalized spacial score (nSPS) is 13.7. The quantitative estimate of drug-likeness (QED) is 0.483. The third-order valence-corrected chi connectivity index (χ3v) is 6.52. The van der Waals surface area contributed by atoms with E-state index in [1.807, 2.05) is 11.5 Å². The summed E-state index contributed by atoms with van der Waals surface area (Å²) in [5.41, 5.74) is 1.34. The van der Waals surface area contributed by atoms with Crippen LogP contribution in [0, 0.1) is 0 Å². The van der Waals surface area contributed by atoms with Crippen molar-refractivity contribution in [3.05, 3.63) is 32.6 Å². The Morgan fingerprint density at radius 1 is 1.24 bits per heavy atom. The number of nitrogens with zero attached hydrogens (tertiary/aromatic N) is 4. The summed E-state index contributed by atoms with van der Waals surface area (Å²) in [5.74, 6) is 1.74. The molecule has 0 atom stereocenters. The third kappa shape index (κ3) is 3.01. The Labute approximate surface area is 153 Å². The Morgan fingerprint density at radius 3 is 2.84 bits per heavy atom. The van der Waals surface area contributed by atoms with Gasteiger partial charge in [0, 0.05) is 17.8 Å². The standard InChI is InChI=1S/C17H20N4O2S2/c1-3-8-21-16(22)14-10-6-5-7-11(10)25-15(14)18-17(21)24-9-13-20-19-12(4-2)23-13/h3-9H2,1-2H3. The van der Waals surface area contributed by atoms with E-state index in [4.69, 9.17) is 9.40 Å². The number of hydrogen-bond donors (Lipinski definition) is 0. The first-order valence-electron chi connectivity index (χ1n) is 8.70. The van der Waals surface area contributed by atoms with Crippen molar-refractivity contribution in [1.29, 1.82) is 0 Å². The highest BCUT2D eigenvalue weighted by Gasteiger charge is 2.23. The van der Waals surface area contributed by atoms with Gasteiger partial charge in [-0.1, -0.05) is 25.6 Å². The first kappa shape index (κ1) is 16.8. The number of aromatic nitrogens is 4. The first-order chi connectivity index (χ1) is 12.2. The lowest BCUT2D eigenvalue weighted by Crippen LogP contribution is -2.23. The van der Waals surface area contributed by atoms with Crippen LogP contribution >= 0.6 is 23.1 Å². The molecule has 0 aromatic carbocycles. The molecule has 1 aliphatic rings. The highest BCUT2D eigenvalue weighted by molar-refractivity contribution is 7.98. The number of thiophene rings is 1. The van der Waals surface area contributed by atoms with Crippen LogP contribution in [0.4, 0.5) is 0 Å². The van der Waals surface area contributed by atoms with Crippen molar-refractivity contribution in [1.82, 2.24) is 19.7 Å². The maximum absolute atomic E-state index is 13.1. The SMILES string of the molecule is CCCn1c(SCc2nnc(CC)o2)nc2sc3c(c2c1=O)CCC3. The Bertz CT molecular complexity index is 973. The van der Waals surface area contributed by atoms with E-state index in [0.717, 1.165) is 47.5 Å².